The smallest absolute Gasteiger partial charge is 0.0444 e. The summed E-state index contributed by atoms with van der Waals surface area (Å²) in [6.45, 7) is 1.99. The van der Waals surface area contributed by atoms with Crippen LogP contribution in [0.25, 0.3) is 0 Å². The summed E-state index contributed by atoms with van der Waals surface area (Å²) >= 11 is 3.46. The van der Waals surface area contributed by atoms with Crippen LogP contribution < -0.4 is 10.6 Å². The van der Waals surface area contributed by atoms with E-state index < -0.39 is 0 Å². The van der Waals surface area contributed by atoms with Gasteiger partial charge >= 0.3 is 0 Å². The number of hydrogen-bond acceptors (Lipinski definition) is 2. The predicted molar refractivity (Wildman–Crippen MR) is 65.9 cm³/mol. The number of piperidine rings is 1. The molecular formula is C12H15BrN2. The molecule has 0 amide bonds. The first kappa shape index (κ1) is 9.67. The minimum atomic E-state index is 0.580. The van der Waals surface area contributed by atoms with E-state index in [1.165, 1.54) is 18.7 Å². The summed E-state index contributed by atoms with van der Waals surface area (Å²) < 4.78 is 1.14. The zero-order chi connectivity index (χ0) is 10.4. The number of hydrogen-bond donors (Lipinski definition) is 1. The Hall–Kier alpha value is -0.540. The molecule has 3 atom stereocenters. The number of halogens is 1. The molecule has 2 N–H and O–H groups in total. The SMILES string of the molecule is NCC1C2CC2CN1c1ccc(Br)cc1. The van der Waals surface area contributed by atoms with Gasteiger partial charge in [0.1, 0.15) is 0 Å². The van der Waals surface area contributed by atoms with Gasteiger partial charge in [-0.15, -0.1) is 0 Å². The molecule has 1 heterocycles. The van der Waals surface area contributed by atoms with E-state index in [2.05, 4.69) is 45.1 Å². The van der Waals surface area contributed by atoms with Crippen molar-refractivity contribution < 1.29 is 0 Å². The predicted octanol–water partition coefficient (Wildman–Crippen LogP) is 2.23. The fourth-order valence-corrected chi connectivity index (χ4v) is 3.07. The number of nitrogens with two attached hydrogens (primary N) is 1. The van der Waals surface area contributed by atoms with Gasteiger partial charge in [-0.25, -0.2) is 0 Å². The molecule has 0 bridgehead atoms. The largest absolute Gasteiger partial charge is 0.367 e. The topological polar surface area (TPSA) is 29.3 Å². The van der Waals surface area contributed by atoms with Gasteiger partial charge in [-0.2, -0.15) is 0 Å². The lowest BCUT2D eigenvalue weighted by Crippen LogP contribution is -2.38. The third kappa shape index (κ3) is 1.58. The highest BCUT2D eigenvalue weighted by Crippen LogP contribution is 2.50. The lowest BCUT2D eigenvalue weighted by Gasteiger charge is -2.28. The Kier molecular flexibility index (Phi) is 2.25. The Labute approximate surface area is 98.6 Å². The van der Waals surface area contributed by atoms with E-state index in [0.29, 0.717) is 6.04 Å². The number of nitrogens with zero attached hydrogens (tertiary/aromatic N) is 1. The maximum atomic E-state index is 5.86. The highest BCUT2D eigenvalue weighted by Gasteiger charge is 2.51. The van der Waals surface area contributed by atoms with Gasteiger partial charge in [0.05, 0.1) is 0 Å². The Balaban J connectivity index is 1.85. The zero-order valence-electron chi connectivity index (χ0n) is 8.57. The number of anilines is 1. The molecule has 2 nitrogen and oxygen atoms in total. The van der Waals surface area contributed by atoms with Gasteiger partial charge in [-0.3, -0.25) is 0 Å². The van der Waals surface area contributed by atoms with E-state index in [9.17, 15) is 0 Å². The van der Waals surface area contributed by atoms with Crippen molar-refractivity contribution in [1.82, 2.24) is 0 Å². The molecule has 0 radical (unpaired) electrons. The second kappa shape index (κ2) is 3.49. The Morgan fingerprint density at radius 3 is 2.73 bits per heavy atom. The number of rotatable bonds is 2. The van der Waals surface area contributed by atoms with E-state index in [-0.39, 0.29) is 0 Å². The van der Waals surface area contributed by atoms with Gasteiger partial charge < -0.3 is 10.6 Å². The van der Waals surface area contributed by atoms with Crippen LogP contribution in [0.15, 0.2) is 28.7 Å². The van der Waals surface area contributed by atoms with E-state index in [1.807, 2.05) is 0 Å². The quantitative estimate of drug-likeness (QED) is 0.890. The molecule has 2 fully saturated rings. The molecule has 2 aliphatic rings. The standard InChI is InChI=1S/C12H15BrN2/c13-9-1-3-10(4-2-9)15-7-8-5-11(8)12(15)6-14/h1-4,8,11-12H,5-7,14H2. The molecule has 15 heavy (non-hydrogen) atoms. The molecule has 3 heteroatoms. The van der Waals surface area contributed by atoms with Crippen molar-refractivity contribution in [2.45, 2.75) is 12.5 Å². The van der Waals surface area contributed by atoms with E-state index in [0.717, 1.165) is 22.9 Å². The maximum absolute atomic E-state index is 5.86. The molecule has 3 unspecified atom stereocenters. The van der Waals surface area contributed by atoms with Crippen LogP contribution in [0, 0.1) is 11.8 Å². The monoisotopic (exact) mass is 266 g/mol. The van der Waals surface area contributed by atoms with Crippen molar-refractivity contribution in [2.24, 2.45) is 17.6 Å². The van der Waals surface area contributed by atoms with Crippen molar-refractivity contribution >= 4 is 21.6 Å². The summed E-state index contributed by atoms with van der Waals surface area (Å²) in [6.07, 6.45) is 1.40. The molecule has 1 aromatic rings. The minimum absolute atomic E-state index is 0.580. The average Bonchev–Trinajstić information content (AvgIpc) is 2.92. The van der Waals surface area contributed by atoms with Crippen LogP contribution in [0.1, 0.15) is 6.42 Å². The first-order chi connectivity index (χ1) is 7.29. The first-order valence-corrected chi connectivity index (χ1v) is 6.31. The fraction of sp³-hybridized carbons (Fsp3) is 0.500. The van der Waals surface area contributed by atoms with Crippen LogP contribution in [0.3, 0.4) is 0 Å². The fourth-order valence-electron chi connectivity index (χ4n) is 2.80. The lowest BCUT2D eigenvalue weighted by molar-refractivity contribution is 0.605. The lowest BCUT2D eigenvalue weighted by atomic mass is 10.1. The summed E-state index contributed by atoms with van der Waals surface area (Å²) in [4.78, 5) is 2.48. The third-order valence-corrected chi connectivity index (χ3v) is 4.23. The van der Waals surface area contributed by atoms with Crippen molar-refractivity contribution in [1.29, 1.82) is 0 Å². The zero-order valence-corrected chi connectivity index (χ0v) is 10.2. The van der Waals surface area contributed by atoms with Gasteiger partial charge in [-0.1, -0.05) is 15.9 Å². The van der Waals surface area contributed by atoms with Gasteiger partial charge in [-0.05, 0) is 42.5 Å². The molecule has 3 rings (SSSR count). The van der Waals surface area contributed by atoms with E-state index in [1.54, 1.807) is 0 Å². The second-order valence-corrected chi connectivity index (χ2v) is 5.51. The van der Waals surface area contributed by atoms with Crippen LogP contribution in [0.2, 0.25) is 0 Å². The molecule has 1 saturated heterocycles. The van der Waals surface area contributed by atoms with Crippen molar-refractivity contribution in [3.05, 3.63) is 28.7 Å². The molecule has 0 spiro atoms. The summed E-state index contributed by atoms with van der Waals surface area (Å²) in [7, 11) is 0. The van der Waals surface area contributed by atoms with Crippen molar-refractivity contribution in [3.63, 3.8) is 0 Å². The summed E-state index contributed by atoms with van der Waals surface area (Å²) in [5, 5.41) is 0. The van der Waals surface area contributed by atoms with Gasteiger partial charge in [0.2, 0.25) is 0 Å². The highest BCUT2D eigenvalue weighted by atomic mass is 79.9. The Morgan fingerprint density at radius 2 is 2.07 bits per heavy atom. The molecule has 0 aromatic heterocycles. The molecule has 1 aliphatic heterocycles. The molecule has 1 aliphatic carbocycles. The van der Waals surface area contributed by atoms with Crippen LogP contribution >= 0.6 is 15.9 Å². The third-order valence-electron chi connectivity index (χ3n) is 3.70. The van der Waals surface area contributed by atoms with Crippen molar-refractivity contribution in [3.8, 4) is 0 Å². The summed E-state index contributed by atoms with van der Waals surface area (Å²) in [5.41, 5.74) is 7.18. The van der Waals surface area contributed by atoms with Gasteiger partial charge in [0, 0.05) is 29.3 Å². The molecule has 80 valence electrons. The van der Waals surface area contributed by atoms with Gasteiger partial charge in [0.25, 0.3) is 0 Å². The maximum Gasteiger partial charge on any atom is 0.0444 e. The van der Waals surface area contributed by atoms with Crippen LogP contribution in [-0.4, -0.2) is 19.1 Å². The Morgan fingerprint density at radius 1 is 1.33 bits per heavy atom. The van der Waals surface area contributed by atoms with E-state index >= 15 is 0 Å². The second-order valence-electron chi connectivity index (χ2n) is 4.59. The van der Waals surface area contributed by atoms with Crippen LogP contribution in [0.4, 0.5) is 5.69 Å². The summed E-state index contributed by atoms with van der Waals surface area (Å²) in [6, 6.07) is 9.14. The average molecular weight is 267 g/mol. The minimum Gasteiger partial charge on any atom is -0.367 e. The number of benzene rings is 1. The van der Waals surface area contributed by atoms with Gasteiger partial charge in [0.15, 0.2) is 0 Å². The molecule has 1 aromatic carbocycles. The van der Waals surface area contributed by atoms with Crippen LogP contribution in [0.5, 0.6) is 0 Å². The normalized spacial score (nSPS) is 32.9. The molecule has 1 saturated carbocycles. The van der Waals surface area contributed by atoms with Crippen LogP contribution in [-0.2, 0) is 0 Å². The van der Waals surface area contributed by atoms with E-state index in [4.69, 9.17) is 5.73 Å². The first-order valence-electron chi connectivity index (χ1n) is 5.52. The Bertz CT molecular complexity index is 362. The highest BCUT2D eigenvalue weighted by molar-refractivity contribution is 9.10. The number of fused-ring (bicyclic) bond motifs is 1. The molecular weight excluding hydrogens is 252 g/mol. The summed E-state index contributed by atoms with van der Waals surface area (Å²) in [5.74, 6) is 1.79. The van der Waals surface area contributed by atoms with Crippen molar-refractivity contribution in [2.75, 3.05) is 18.0 Å².